The van der Waals surface area contributed by atoms with Crippen molar-refractivity contribution in [3.8, 4) is 0 Å². The summed E-state index contributed by atoms with van der Waals surface area (Å²) in [5, 5.41) is 0. The minimum absolute atomic E-state index is 0.866. The Hall–Kier alpha value is -0.790. The first-order valence-corrected chi connectivity index (χ1v) is 4.09. The second-order valence-electron chi connectivity index (χ2n) is 2.83. The van der Waals surface area contributed by atoms with Crippen molar-refractivity contribution in [1.29, 1.82) is 0 Å². The van der Waals surface area contributed by atoms with Crippen LogP contribution in [0.15, 0.2) is 11.3 Å². The average molecular weight is 154 g/mol. The molecule has 0 amide bonds. The third-order valence-corrected chi connectivity index (χ3v) is 2.10. The van der Waals surface area contributed by atoms with Gasteiger partial charge in [0.15, 0.2) is 0 Å². The van der Waals surface area contributed by atoms with Gasteiger partial charge in [0.25, 0.3) is 0 Å². The fourth-order valence-corrected chi connectivity index (χ4v) is 1.44. The smallest absolute Gasteiger partial charge is 0.149 e. The molecule has 0 aromatic carbocycles. The van der Waals surface area contributed by atoms with Crippen molar-refractivity contribution in [3.63, 3.8) is 0 Å². The zero-order valence-electron chi connectivity index (χ0n) is 6.93. The van der Waals surface area contributed by atoms with Crippen LogP contribution in [0.25, 0.3) is 0 Å². The fourth-order valence-electron chi connectivity index (χ4n) is 1.44. The lowest BCUT2D eigenvalue weighted by atomic mass is 10.1. The van der Waals surface area contributed by atoms with Crippen LogP contribution < -0.4 is 0 Å². The number of hydrogen-bond donors (Lipinski definition) is 0. The molecule has 0 aromatic heterocycles. The Morgan fingerprint density at radius 1 is 1.27 bits per heavy atom. The fraction of sp³-hybridized carbons (Fsp3) is 0.667. The summed E-state index contributed by atoms with van der Waals surface area (Å²) in [6.45, 7) is 0. The van der Waals surface area contributed by atoms with Crippen molar-refractivity contribution in [2.24, 2.45) is 0 Å². The zero-order valence-corrected chi connectivity index (χ0v) is 6.93. The van der Waals surface area contributed by atoms with Crippen LogP contribution in [-0.4, -0.2) is 13.4 Å². The lowest BCUT2D eigenvalue weighted by Crippen LogP contribution is -1.93. The van der Waals surface area contributed by atoms with Crippen molar-refractivity contribution >= 4 is 6.29 Å². The maximum absolute atomic E-state index is 10.5. The molecule has 0 N–H and O–H groups in total. The van der Waals surface area contributed by atoms with Crippen molar-refractivity contribution in [2.45, 2.75) is 32.1 Å². The van der Waals surface area contributed by atoms with Gasteiger partial charge in [-0.2, -0.15) is 0 Å². The van der Waals surface area contributed by atoms with E-state index in [1.165, 1.54) is 6.42 Å². The monoisotopic (exact) mass is 154 g/mol. The molecule has 0 saturated heterocycles. The molecule has 0 unspecified atom stereocenters. The van der Waals surface area contributed by atoms with E-state index in [2.05, 4.69) is 0 Å². The van der Waals surface area contributed by atoms with Gasteiger partial charge >= 0.3 is 0 Å². The van der Waals surface area contributed by atoms with E-state index < -0.39 is 0 Å². The van der Waals surface area contributed by atoms with Gasteiger partial charge in [-0.15, -0.1) is 0 Å². The van der Waals surface area contributed by atoms with Crippen LogP contribution in [0.3, 0.4) is 0 Å². The summed E-state index contributed by atoms with van der Waals surface area (Å²) < 4.78 is 5.12. The van der Waals surface area contributed by atoms with Crippen molar-refractivity contribution < 1.29 is 9.53 Å². The van der Waals surface area contributed by atoms with Crippen LogP contribution in [-0.2, 0) is 9.53 Å². The molecule has 1 rings (SSSR count). The Morgan fingerprint density at radius 2 is 2.00 bits per heavy atom. The van der Waals surface area contributed by atoms with E-state index in [0.29, 0.717) is 0 Å². The number of aldehydes is 1. The highest BCUT2D eigenvalue weighted by Gasteiger charge is 2.10. The summed E-state index contributed by atoms with van der Waals surface area (Å²) in [5.41, 5.74) is 0.866. The van der Waals surface area contributed by atoms with Gasteiger partial charge in [-0.1, -0.05) is 6.42 Å². The van der Waals surface area contributed by atoms with Gasteiger partial charge in [0.2, 0.25) is 0 Å². The van der Waals surface area contributed by atoms with Crippen LogP contribution in [0.4, 0.5) is 0 Å². The number of ether oxygens (including phenoxy) is 1. The summed E-state index contributed by atoms with van der Waals surface area (Å²) in [6.07, 6.45) is 6.26. The molecule has 0 saturated carbocycles. The number of methoxy groups -OCH3 is 1. The molecule has 0 atom stereocenters. The Bertz CT molecular complexity index is 170. The van der Waals surface area contributed by atoms with E-state index in [1.807, 2.05) is 0 Å². The third-order valence-electron chi connectivity index (χ3n) is 2.10. The normalized spacial score (nSPS) is 19.4. The summed E-state index contributed by atoms with van der Waals surface area (Å²) in [5.74, 6) is 0.900. The predicted molar refractivity (Wildman–Crippen MR) is 43.2 cm³/mol. The molecule has 0 aromatic rings. The maximum atomic E-state index is 10.5. The van der Waals surface area contributed by atoms with Crippen LogP contribution in [0.1, 0.15) is 32.1 Å². The second-order valence-corrected chi connectivity index (χ2v) is 2.83. The number of rotatable bonds is 2. The Balaban J connectivity index is 2.71. The quantitative estimate of drug-likeness (QED) is 0.569. The van der Waals surface area contributed by atoms with E-state index in [9.17, 15) is 4.79 Å². The van der Waals surface area contributed by atoms with E-state index in [1.54, 1.807) is 7.11 Å². The lowest BCUT2D eigenvalue weighted by Gasteiger charge is -2.04. The Labute approximate surface area is 67.2 Å². The largest absolute Gasteiger partial charge is 0.501 e. The van der Waals surface area contributed by atoms with Gasteiger partial charge in [-0.05, 0) is 19.3 Å². The molecule has 62 valence electrons. The van der Waals surface area contributed by atoms with Crippen molar-refractivity contribution in [3.05, 3.63) is 11.3 Å². The van der Waals surface area contributed by atoms with Gasteiger partial charge in [-0.3, -0.25) is 4.79 Å². The first-order chi connectivity index (χ1) is 5.38. The standard InChI is InChI=1S/C9H14O2/c1-11-9-6-4-2-3-5-8(9)7-10/h7H,2-6H2,1H3. The molecule has 0 spiro atoms. The SMILES string of the molecule is COC1=C(C=O)CCCCC1. The molecule has 11 heavy (non-hydrogen) atoms. The molecule has 0 heterocycles. The summed E-state index contributed by atoms with van der Waals surface area (Å²) >= 11 is 0. The summed E-state index contributed by atoms with van der Waals surface area (Å²) in [7, 11) is 1.64. The second kappa shape index (κ2) is 4.16. The van der Waals surface area contributed by atoms with E-state index >= 15 is 0 Å². The van der Waals surface area contributed by atoms with E-state index in [0.717, 1.165) is 43.3 Å². The molecular weight excluding hydrogens is 140 g/mol. The molecule has 2 heteroatoms. The van der Waals surface area contributed by atoms with Crippen LogP contribution >= 0.6 is 0 Å². The van der Waals surface area contributed by atoms with Gasteiger partial charge in [-0.25, -0.2) is 0 Å². The van der Waals surface area contributed by atoms with Crippen molar-refractivity contribution in [1.82, 2.24) is 0 Å². The third kappa shape index (κ3) is 2.07. The Kier molecular flexibility index (Phi) is 3.14. The molecule has 0 radical (unpaired) electrons. The number of hydrogen-bond acceptors (Lipinski definition) is 2. The lowest BCUT2D eigenvalue weighted by molar-refractivity contribution is -0.105. The highest BCUT2D eigenvalue weighted by Crippen LogP contribution is 2.22. The van der Waals surface area contributed by atoms with Gasteiger partial charge in [0.05, 0.1) is 7.11 Å². The predicted octanol–water partition coefficient (Wildman–Crippen LogP) is 2.05. The first kappa shape index (κ1) is 8.31. The average Bonchev–Trinajstić information content (AvgIpc) is 2.27. The van der Waals surface area contributed by atoms with Crippen LogP contribution in [0.2, 0.25) is 0 Å². The summed E-state index contributed by atoms with van der Waals surface area (Å²) in [6, 6.07) is 0. The van der Waals surface area contributed by atoms with Gasteiger partial charge in [0, 0.05) is 12.0 Å². The van der Waals surface area contributed by atoms with Crippen LogP contribution in [0.5, 0.6) is 0 Å². The number of carbonyl (C=O) groups excluding carboxylic acids is 1. The number of allylic oxidation sites excluding steroid dienone is 2. The minimum atomic E-state index is 0.866. The van der Waals surface area contributed by atoms with Gasteiger partial charge < -0.3 is 4.74 Å². The minimum Gasteiger partial charge on any atom is -0.501 e. The molecule has 0 aliphatic heterocycles. The van der Waals surface area contributed by atoms with E-state index in [-0.39, 0.29) is 0 Å². The first-order valence-electron chi connectivity index (χ1n) is 4.09. The van der Waals surface area contributed by atoms with Crippen LogP contribution in [0, 0.1) is 0 Å². The molecule has 0 fully saturated rings. The maximum Gasteiger partial charge on any atom is 0.149 e. The van der Waals surface area contributed by atoms with E-state index in [4.69, 9.17) is 4.74 Å². The Morgan fingerprint density at radius 3 is 2.64 bits per heavy atom. The highest BCUT2D eigenvalue weighted by atomic mass is 16.5. The zero-order chi connectivity index (χ0) is 8.10. The summed E-state index contributed by atoms with van der Waals surface area (Å²) in [4.78, 5) is 10.5. The molecule has 1 aliphatic rings. The molecule has 1 aliphatic carbocycles. The topological polar surface area (TPSA) is 26.3 Å². The molecular formula is C9H14O2. The highest BCUT2D eigenvalue weighted by molar-refractivity contribution is 5.74. The number of carbonyl (C=O) groups is 1. The molecule has 2 nitrogen and oxygen atoms in total. The van der Waals surface area contributed by atoms with Crippen molar-refractivity contribution in [2.75, 3.05) is 7.11 Å². The molecule has 0 bridgehead atoms. The van der Waals surface area contributed by atoms with Gasteiger partial charge in [0.1, 0.15) is 12.0 Å².